The van der Waals surface area contributed by atoms with Gasteiger partial charge in [-0.15, -0.1) is 0 Å². The molecule has 1 fully saturated rings. The first-order valence-electron chi connectivity index (χ1n) is 9.49. The summed E-state index contributed by atoms with van der Waals surface area (Å²) in [4.78, 5) is 20.6. The fourth-order valence-corrected chi connectivity index (χ4v) is 3.97. The molecule has 2 N–H and O–H groups in total. The number of hydrogen-bond acceptors (Lipinski definition) is 4. The Kier molecular flexibility index (Phi) is 4.25. The SMILES string of the molecule is CC(C)c1c(F)c(Cl)c(-c2cn3cc(NC(=O)[C@H]4C[C@@H]4F)nc3cn2)c2cn[nH]c12. The molecule has 0 saturated heterocycles. The summed E-state index contributed by atoms with van der Waals surface area (Å²) in [5.74, 6) is -1.32. The molecule has 4 aromatic rings. The van der Waals surface area contributed by atoms with Crippen molar-refractivity contribution in [2.24, 2.45) is 5.92 Å². The average Bonchev–Trinajstić information content (AvgIpc) is 3.08. The zero-order chi connectivity index (χ0) is 21.2. The number of fused-ring (bicyclic) bond motifs is 2. The molecule has 1 amide bonds. The molecule has 0 bridgehead atoms. The van der Waals surface area contributed by atoms with E-state index in [2.05, 4.69) is 25.5 Å². The standard InChI is InChI=1S/C20H17ClF2N6O/c1-8(2)15-18(23)17(21)16(10-4-25-28-19(10)15)12-6-29-7-13(26-14(29)5-24-12)27-20(30)9-3-11(9)22/h4-9,11H,3H2,1-2H3,(H,25,28)(H,27,30)/t9-,11-/m0/s1. The molecule has 1 saturated carbocycles. The van der Waals surface area contributed by atoms with Gasteiger partial charge in [-0.2, -0.15) is 5.10 Å². The number of anilines is 1. The van der Waals surface area contributed by atoms with Crippen LogP contribution in [0.15, 0.2) is 24.8 Å². The number of nitrogens with one attached hydrogen (secondary N) is 2. The number of hydrogen-bond donors (Lipinski definition) is 2. The number of aromatic amines is 1. The van der Waals surface area contributed by atoms with Crippen molar-refractivity contribution in [1.82, 2.24) is 24.6 Å². The van der Waals surface area contributed by atoms with Gasteiger partial charge >= 0.3 is 0 Å². The molecule has 30 heavy (non-hydrogen) atoms. The monoisotopic (exact) mass is 430 g/mol. The zero-order valence-electron chi connectivity index (χ0n) is 16.1. The maximum atomic E-state index is 15.1. The molecule has 1 aromatic carbocycles. The number of H-pyrrole nitrogens is 1. The minimum absolute atomic E-state index is 0.0317. The Morgan fingerprint density at radius 2 is 2.13 bits per heavy atom. The van der Waals surface area contributed by atoms with Crippen LogP contribution in [0, 0.1) is 11.7 Å². The van der Waals surface area contributed by atoms with Crippen LogP contribution in [0.4, 0.5) is 14.6 Å². The van der Waals surface area contributed by atoms with Crippen LogP contribution in [-0.2, 0) is 4.79 Å². The maximum Gasteiger partial charge on any atom is 0.231 e. The fraction of sp³-hybridized carbons (Fsp3) is 0.300. The van der Waals surface area contributed by atoms with Gasteiger partial charge in [-0.05, 0) is 12.3 Å². The van der Waals surface area contributed by atoms with Gasteiger partial charge in [0.25, 0.3) is 0 Å². The van der Waals surface area contributed by atoms with Gasteiger partial charge in [-0.1, -0.05) is 25.4 Å². The zero-order valence-corrected chi connectivity index (χ0v) is 16.8. The van der Waals surface area contributed by atoms with E-state index in [9.17, 15) is 9.18 Å². The van der Waals surface area contributed by atoms with Gasteiger partial charge in [0.2, 0.25) is 5.91 Å². The van der Waals surface area contributed by atoms with Crippen molar-refractivity contribution in [3.05, 3.63) is 41.2 Å². The van der Waals surface area contributed by atoms with E-state index >= 15 is 4.39 Å². The van der Waals surface area contributed by atoms with Gasteiger partial charge in [-0.3, -0.25) is 14.9 Å². The summed E-state index contributed by atoms with van der Waals surface area (Å²) in [6.45, 7) is 3.76. The lowest BCUT2D eigenvalue weighted by atomic mass is 9.96. The molecule has 7 nitrogen and oxygen atoms in total. The van der Waals surface area contributed by atoms with E-state index in [1.54, 1.807) is 23.0 Å². The van der Waals surface area contributed by atoms with Gasteiger partial charge in [0, 0.05) is 22.7 Å². The quantitative estimate of drug-likeness (QED) is 0.499. The highest BCUT2D eigenvalue weighted by molar-refractivity contribution is 6.35. The van der Waals surface area contributed by atoms with E-state index < -0.39 is 23.8 Å². The summed E-state index contributed by atoms with van der Waals surface area (Å²) in [7, 11) is 0. The molecule has 3 heterocycles. The number of aromatic nitrogens is 5. The molecule has 5 rings (SSSR count). The Labute approximate surface area is 174 Å². The lowest BCUT2D eigenvalue weighted by Gasteiger charge is -2.14. The summed E-state index contributed by atoms with van der Waals surface area (Å²) in [5, 5.41) is 10.2. The maximum absolute atomic E-state index is 15.1. The highest BCUT2D eigenvalue weighted by Crippen LogP contribution is 2.40. The number of benzene rings is 1. The fourth-order valence-electron chi connectivity index (χ4n) is 3.67. The molecule has 0 unspecified atom stereocenters. The third kappa shape index (κ3) is 2.92. The Hall–Kier alpha value is -3.07. The smallest absolute Gasteiger partial charge is 0.231 e. The Morgan fingerprint density at radius 1 is 1.37 bits per heavy atom. The third-order valence-electron chi connectivity index (χ3n) is 5.30. The van der Waals surface area contributed by atoms with Crippen LogP contribution < -0.4 is 5.32 Å². The van der Waals surface area contributed by atoms with Crippen molar-refractivity contribution in [1.29, 1.82) is 0 Å². The molecule has 3 aromatic heterocycles. The lowest BCUT2D eigenvalue weighted by molar-refractivity contribution is -0.117. The van der Waals surface area contributed by atoms with Crippen molar-refractivity contribution in [2.45, 2.75) is 32.4 Å². The number of alkyl halides is 1. The number of carbonyl (C=O) groups is 1. The molecule has 2 atom stereocenters. The highest BCUT2D eigenvalue weighted by Gasteiger charge is 2.43. The minimum Gasteiger partial charge on any atom is -0.309 e. The Morgan fingerprint density at radius 3 is 2.83 bits per heavy atom. The van der Waals surface area contributed by atoms with Crippen LogP contribution in [0.1, 0.15) is 31.7 Å². The predicted molar refractivity (Wildman–Crippen MR) is 109 cm³/mol. The first-order chi connectivity index (χ1) is 14.3. The number of rotatable bonds is 4. The van der Waals surface area contributed by atoms with Crippen LogP contribution in [0.25, 0.3) is 27.8 Å². The van der Waals surface area contributed by atoms with Gasteiger partial charge in [0.1, 0.15) is 12.0 Å². The number of carbonyl (C=O) groups excluding carboxylic acids is 1. The van der Waals surface area contributed by atoms with Gasteiger partial charge in [0.15, 0.2) is 11.5 Å². The molecular weight excluding hydrogens is 414 g/mol. The predicted octanol–water partition coefficient (Wildman–Crippen LogP) is 4.49. The van der Waals surface area contributed by atoms with Crippen LogP contribution in [0.5, 0.6) is 0 Å². The van der Waals surface area contributed by atoms with Crippen LogP contribution in [-0.4, -0.2) is 36.6 Å². The summed E-state index contributed by atoms with van der Waals surface area (Å²) in [6, 6.07) is 0. The molecular formula is C20H17ClF2N6O. The first-order valence-corrected chi connectivity index (χ1v) is 9.87. The molecule has 1 aliphatic carbocycles. The lowest BCUT2D eigenvalue weighted by Crippen LogP contribution is -2.15. The minimum atomic E-state index is -1.08. The van der Waals surface area contributed by atoms with E-state index in [0.29, 0.717) is 39.2 Å². The number of halogens is 3. The van der Waals surface area contributed by atoms with Crippen molar-refractivity contribution >= 4 is 39.9 Å². The Bertz CT molecular complexity index is 1310. The van der Waals surface area contributed by atoms with Crippen molar-refractivity contribution in [3.63, 3.8) is 0 Å². The van der Waals surface area contributed by atoms with E-state index in [1.807, 2.05) is 13.8 Å². The van der Waals surface area contributed by atoms with E-state index in [4.69, 9.17) is 11.6 Å². The summed E-state index contributed by atoms with van der Waals surface area (Å²) in [5.41, 5.74) is 2.36. The number of nitrogens with zero attached hydrogens (tertiary/aromatic N) is 4. The second-order valence-electron chi connectivity index (χ2n) is 7.74. The topological polar surface area (TPSA) is 88.0 Å². The third-order valence-corrected chi connectivity index (χ3v) is 5.66. The Balaban J connectivity index is 1.59. The van der Waals surface area contributed by atoms with Gasteiger partial charge in [0.05, 0.1) is 40.7 Å². The largest absolute Gasteiger partial charge is 0.309 e. The highest BCUT2D eigenvalue weighted by atomic mass is 35.5. The van der Waals surface area contributed by atoms with E-state index in [1.165, 1.54) is 6.20 Å². The molecule has 0 spiro atoms. The summed E-state index contributed by atoms with van der Waals surface area (Å²) < 4.78 is 29.8. The van der Waals surface area contributed by atoms with Gasteiger partial charge in [-0.25, -0.2) is 13.8 Å². The van der Waals surface area contributed by atoms with Crippen LogP contribution in [0.3, 0.4) is 0 Å². The number of imidazole rings is 1. The second kappa shape index (κ2) is 6.73. The van der Waals surface area contributed by atoms with Crippen LogP contribution >= 0.6 is 11.6 Å². The molecule has 154 valence electrons. The number of amides is 1. The van der Waals surface area contributed by atoms with Crippen molar-refractivity contribution in [3.8, 4) is 11.3 Å². The first kappa shape index (κ1) is 18.9. The summed E-state index contributed by atoms with van der Waals surface area (Å²) >= 11 is 6.42. The molecule has 0 aliphatic heterocycles. The van der Waals surface area contributed by atoms with Crippen molar-refractivity contribution in [2.75, 3.05) is 5.32 Å². The van der Waals surface area contributed by atoms with E-state index in [-0.39, 0.29) is 17.4 Å². The summed E-state index contributed by atoms with van der Waals surface area (Å²) in [6.07, 6.45) is 5.48. The molecule has 0 radical (unpaired) electrons. The molecule has 1 aliphatic rings. The van der Waals surface area contributed by atoms with E-state index in [0.717, 1.165) is 0 Å². The van der Waals surface area contributed by atoms with Gasteiger partial charge < -0.3 is 9.72 Å². The van der Waals surface area contributed by atoms with Crippen molar-refractivity contribution < 1.29 is 13.6 Å². The second-order valence-corrected chi connectivity index (χ2v) is 8.12. The molecule has 10 heteroatoms. The average molecular weight is 431 g/mol. The van der Waals surface area contributed by atoms with Crippen LogP contribution in [0.2, 0.25) is 5.02 Å². The normalized spacial score (nSPS) is 18.5.